The third-order valence-corrected chi connectivity index (χ3v) is 2.34. The number of nitrogen functional groups attached to an aromatic ring is 1. The van der Waals surface area contributed by atoms with Crippen LogP contribution in [0.2, 0.25) is 0 Å². The van der Waals surface area contributed by atoms with Crippen LogP contribution in [-0.4, -0.2) is 16.6 Å². The van der Waals surface area contributed by atoms with Crippen LogP contribution in [-0.2, 0) is 6.42 Å². The van der Waals surface area contributed by atoms with Crippen LogP contribution >= 0.6 is 0 Å². The summed E-state index contributed by atoms with van der Waals surface area (Å²) in [5.74, 6) is 0.400. The standard InChI is InChI=1S/C13H12N4O/c14-9-12-11(15)4-5-13(17-12)18-8-6-10-3-1-2-7-16-10/h1-5,7H,6,8,15H2. The number of nitrogens with two attached hydrogens (primary N) is 1. The molecule has 2 heterocycles. The summed E-state index contributed by atoms with van der Waals surface area (Å²) in [6, 6.07) is 10.9. The number of aromatic nitrogens is 2. The minimum absolute atomic E-state index is 0.185. The monoisotopic (exact) mass is 240 g/mol. The molecule has 0 amide bonds. The Morgan fingerprint density at radius 3 is 2.89 bits per heavy atom. The lowest BCUT2D eigenvalue weighted by Gasteiger charge is -2.05. The third kappa shape index (κ3) is 2.95. The molecule has 90 valence electrons. The highest BCUT2D eigenvalue weighted by Crippen LogP contribution is 2.14. The molecule has 0 bridgehead atoms. The number of pyridine rings is 2. The second kappa shape index (κ2) is 5.64. The Labute approximate surface area is 105 Å². The molecule has 0 atom stereocenters. The first-order valence-electron chi connectivity index (χ1n) is 5.49. The molecule has 0 unspecified atom stereocenters. The van der Waals surface area contributed by atoms with Crippen LogP contribution in [0.5, 0.6) is 5.88 Å². The summed E-state index contributed by atoms with van der Waals surface area (Å²) in [5.41, 5.74) is 7.06. The molecule has 0 aliphatic carbocycles. The Morgan fingerprint density at radius 2 is 2.17 bits per heavy atom. The molecule has 0 aliphatic rings. The second-order valence-electron chi connectivity index (χ2n) is 3.62. The molecular weight excluding hydrogens is 228 g/mol. The molecule has 2 aromatic heterocycles. The first-order valence-corrected chi connectivity index (χ1v) is 5.49. The van der Waals surface area contributed by atoms with Gasteiger partial charge in [0.25, 0.3) is 0 Å². The highest BCUT2D eigenvalue weighted by atomic mass is 16.5. The Bertz CT molecular complexity index is 563. The van der Waals surface area contributed by atoms with Crippen molar-refractivity contribution in [1.82, 2.24) is 9.97 Å². The smallest absolute Gasteiger partial charge is 0.214 e. The minimum Gasteiger partial charge on any atom is -0.477 e. The van der Waals surface area contributed by atoms with Gasteiger partial charge in [-0.2, -0.15) is 5.26 Å². The van der Waals surface area contributed by atoms with E-state index < -0.39 is 0 Å². The average molecular weight is 240 g/mol. The highest BCUT2D eigenvalue weighted by Gasteiger charge is 2.03. The maximum Gasteiger partial charge on any atom is 0.214 e. The van der Waals surface area contributed by atoms with E-state index in [2.05, 4.69) is 9.97 Å². The molecule has 0 saturated heterocycles. The summed E-state index contributed by atoms with van der Waals surface area (Å²) < 4.78 is 5.45. The quantitative estimate of drug-likeness (QED) is 0.876. The van der Waals surface area contributed by atoms with Gasteiger partial charge in [-0.15, -0.1) is 0 Å². The minimum atomic E-state index is 0.185. The van der Waals surface area contributed by atoms with Crippen molar-refractivity contribution in [2.45, 2.75) is 6.42 Å². The van der Waals surface area contributed by atoms with Crippen molar-refractivity contribution in [2.75, 3.05) is 12.3 Å². The summed E-state index contributed by atoms with van der Waals surface area (Å²) >= 11 is 0. The van der Waals surface area contributed by atoms with Gasteiger partial charge in [-0.05, 0) is 18.2 Å². The van der Waals surface area contributed by atoms with Crippen LogP contribution in [0.15, 0.2) is 36.5 Å². The number of hydrogen-bond acceptors (Lipinski definition) is 5. The van der Waals surface area contributed by atoms with E-state index in [4.69, 9.17) is 15.7 Å². The highest BCUT2D eigenvalue weighted by molar-refractivity contribution is 5.50. The SMILES string of the molecule is N#Cc1nc(OCCc2ccccn2)ccc1N. The molecule has 0 aliphatic heterocycles. The van der Waals surface area contributed by atoms with Crippen molar-refractivity contribution in [3.8, 4) is 11.9 Å². The Balaban J connectivity index is 1.93. The van der Waals surface area contributed by atoms with Gasteiger partial charge >= 0.3 is 0 Å². The van der Waals surface area contributed by atoms with E-state index in [-0.39, 0.29) is 5.69 Å². The van der Waals surface area contributed by atoms with Crippen LogP contribution in [0.1, 0.15) is 11.4 Å². The van der Waals surface area contributed by atoms with Gasteiger partial charge < -0.3 is 10.5 Å². The van der Waals surface area contributed by atoms with Crippen molar-refractivity contribution < 1.29 is 4.74 Å². The second-order valence-corrected chi connectivity index (χ2v) is 3.62. The molecule has 2 rings (SSSR count). The molecule has 2 N–H and O–H groups in total. The zero-order chi connectivity index (χ0) is 12.8. The lowest BCUT2D eigenvalue weighted by molar-refractivity contribution is 0.308. The predicted molar refractivity (Wildman–Crippen MR) is 66.8 cm³/mol. The lowest BCUT2D eigenvalue weighted by Crippen LogP contribution is -2.05. The summed E-state index contributed by atoms with van der Waals surface area (Å²) in [7, 11) is 0. The van der Waals surface area contributed by atoms with Crippen molar-refractivity contribution in [1.29, 1.82) is 5.26 Å². The number of nitrogens with zero attached hydrogens (tertiary/aromatic N) is 3. The van der Waals surface area contributed by atoms with E-state index in [0.29, 0.717) is 24.6 Å². The molecule has 5 heteroatoms. The van der Waals surface area contributed by atoms with Gasteiger partial charge in [0.05, 0.1) is 12.3 Å². The molecule has 0 fully saturated rings. The van der Waals surface area contributed by atoms with Crippen molar-refractivity contribution in [3.63, 3.8) is 0 Å². The fourth-order valence-electron chi connectivity index (χ4n) is 1.43. The molecule has 18 heavy (non-hydrogen) atoms. The number of anilines is 1. The maximum atomic E-state index is 8.79. The summed E-state index contributed by atoms with van der Waals surface area (Å²) in [6.45, 7) is 0.457. The Kier molecular flexibility index (Phi) is 3.72. The fourth-order valence-corrected chi connectivity index (χ4v) is 1.43. The van der Waals surface area contributed by atoms with Crippen LogP contribution < -0.4 is 10.5 Å². The molecule has 0 spiro atoms. The van der Waals surface area contributed by atoms with E-state index in [1.807, 2.05) is 24.3 Å². The van der Waals surface area contributed by atoms with Crippen molar-refractivity contribution >= 4 is 5.69 Å². The van der Waals surface area contributed by atoms with Gasteiger partial charge in [0, 0.05) is 24.4 Å². The van der Waals surface area contributed by atoms with Gasteiger partial charge in [-0.3, -0.25) is 4.98 Å². The normalized spacial score (nSPS) is 9.72. The molecular formula is C13H12N4O. The third-order valence-electron chi connectivity index (χ3n) is 2.34. The van der Waals surface area contributed by atoms with Crippen LogP contribution in [0.25, 0.3) is 0 Å². The number of ether oxygens (including phenoxy) is 1. The van der Waals surface area contributed by atoms with Gasteiger partial charge in [0.15, 0.2) is 5.69 Å². The van der Waals surface area contributed by atoms with E-state index in [0.717, 1.165) is 5.69 Å². The van der Waals surface area contributed by atoms with E-state index in [1.54, 1.807) is 18.3 Å². The maximum absolute atomic E-state index is 8.79. The molecule has 5 nitrogen and oxygen atoms in total. The number of rotatable bonds is 4. The zero-order valence-electron chi connectivity index (χ0n) is 9.71. The van der Waals surface area contributed by atoms with E-state index in [1.165, 1.54) is 0 Å². The zero-order valence-corrected chi connectivity index (χ0v) is 9.71. The average Bonchev–Trinajstić information content (AvgIpc) is 2.42. The first kappa shape index (κ1) is 11.9. The van der Waals surface area contributed by atoms with Gasteiger partial charge in [-0.25, -0.2) is 4.98 Å². The molecule has 0 radical (unpaired) electrons. The molecule has 2 aromatic rings. The molecule has 0 saturated carbocycles. The van der Waals surface area contributed by atoms with Crippen LogP contribution in [0.4, 0.5) is 5.69 Å². The Hall–Kier alpha value is -2.61. The van der Waals surface area contributed by atoms with Gasteiger partial charge in [0.1, 0.15) is 6.07 Å². The predicted octanol–water partition coefficient (Wildman–Crippen LogP) is 1.55. The van der Waals surface area contributed by atoms with E-state index >= 15 is 0 Å². The molecule has 0 aromatic carbocycles. The fraction of sp³-hybridized carbons (Fsp3) is 0.154. The van der Waals surface area contributed by atoms with Crippen LogP contribution in [0, 0.1) is 11.3 Å². The van der Waals surface area contributed by atoms with Crippen molar-refractivity contribution in [3.05, 3.63) is 47.9 Å². The summed E-state index contributed by atoms with van der Waals surface area (Å²) in [6.07, 6.45) is 2.43. The van der Waals surface area contributed by atoms with Gasteiger partial charge in [-0.1, -0.05) is 6.07 Å². The largest absolute Gasteiger partial charge is 0.477 e. The lowest BCUT2D eigenvalue weighted by atomic mass is 10.3. The van der Waals surface area contributed by atoms with E-state index in [9.17, 15) is 0 Å². The Morgan fingerprint density at radius 1 is 1.28 bits per heavy atom. The summed E-state index contributed by atoms with van der Waals surface area (Å²) in [5, 5.41) is 8.79. The van der Waals surface area contributed by atoms with Crippen molar-refractivity contribution in [2.24, 2.45) is 0 Å². The van der Waals surface area contributed by atoms with Crippen LogP contribution in [0.3, 0.4) is 0 Å². The topological polar surface area (TPSA) is 84.8 Å². The van der Waals surface area contributed by atoms with Gasteiger partial charge in [0.2, 0.25) is 5.88 Å². The summed E-state index contributed by atoms with van der Waals surface area (Å²) in [4.78, 5) is 8.18. The first-order chi connectivity index (χ1) is 8.79. The number of hydrogen-bond donors (Lipinski definition) is 1. The number of nitriles is 1.